The summed E-state index contributed by atoms with van der Waals surface area (Å²) in [5.41, 5.74) is 0.685. The van der Waals surface area contributed by atoms with Gasteiger partial charge in [-0.2, -0.15) is 8.42 Å². The van der Waals surface area contributed by atoms with Crippen LogP contribution < -0.4 is 8.92 Å². The van der Waals surface area contributed by atoms with Crippen LogP contribution >= 0.6 is 0 Å². The molecule has 0 aliphatic heterocycles. The van der Waals surface area contributed by atoms with Gasteiger partial charge in [-0.15, -0.1) is 0 Å². The average molecular weight is 526 g/mol. The molecule has 7 heteroatoms. The minimum atomic E-state index is -4.05. The average Bonchev–Trinajstić information content (AvgIpc) is 3.18. The molecule has 0 N–H and O–H groups in total. The van der Waals surface area contributed by atoms with Crippen LogP contribution in [0, 0.1) is 22.7 Å². The maximum absolute atomic E-state index is 13.4. The first kappa shape index (κ1) is 26.2. The Kier molecular flexibility index (Phi) is 7.12. The fraction of sp³-hybridized carbons (Fsp3) is 0.600. The number of hydrogen-bond acceptors (Lipinski definition) is 6. The second-order valence-electron chi connectivity index (χ2n) is 12.0. The van der Waals surface area contributed by atoms with Gasteiger partial charge in [-0.05, 0) is 67.8 Å². The topological polar surface area (TPSA) is 82.6 Å². The predicted octanol–water partition coefficient (Wildman–Crippen LogP) is 5.93. The Morgan fingerprint density at radius 1 is 1.03 bits per heavy atom. The zero-order valence-corrected chi connectivity index (χ0v) is 23.1. The molecule has 0 amide bonds. The quantitative estimate of drug-likeness (QED) is 0.378. The third-order valence-electron chi connectivity index (χ3n) is 9.44. The number of rotatable bonds is 9. The van der Waals surface area contributed by atoms with Crippen molar-refractivity contribution in [1.29, 1.82) is 0 Å². The Balaban J connectivity index is 1.38. The summed E-state index contributed by atoms with van der Waals surface area (Å²) in [5, 5.41) is 0. The molecule has 4 unspecified atom stereocenters. The van der Waals surface area contributed by atoms with Gasteiger partial charge in [0.2, 0.25) is 5.88 Å². The Labute approximate surface area is 221 Å². The fourth-order valence-electron chi connectivity index (χ4n) is 6.89. The lowest BCUT2D eigenvalue weighted by Gasteiger charge is -2.35. The molecule has 0 radical (unpaired) electrons. The summed E-state index contributed by atoms with van der Waals surface area (Å²) < 4.78 is 38.7. The van der Waals surface area contributed by atoms with Gasteiger partial charge in [-0.1, -0.05) is 57.5 Å². The van der Waals surface area contributed by atoms with E-state index in [1.54, 1.807) is 6.07 Å². The highest BCUT2D eigenvalue weighted by Gasteiger charge is 2.65. The molecular formula is C30H39NO5S. The number of Topliss-reactive ketones (excluding diaryl/α,β-unsaturated/α-hetero) is 1. The van der Waals surface area contributed by atoms with E-state index in [2.05, 4.69) is 24.0 Å². The lowest BCUT2D eigenvalue weighted by atomic mass is 9.70. The highest BCUT2D eigenvalue weighted by molar-refractivity contribution is 7.87. The van der Waals surface area contributed by atoms with Crippen molar-refractivity contribution in [2.24, 2.45) is 22.7 Å². The van der Waals surface area contributed by atoms with Crippen molar-refractivity contribution < 1.29 is 22.1 Å². The van der Waals surface area contributed by atoms with Crippen LogP contribution in [0.3, 0.4) is 0 Å². The number of benzene rings is 1. The van der Waals surface area contributed by atoms with E-state index < -0.39 is 15.5 Å². The third-order valence-corrected chi connectivity index (χ3v) is 10.7. The minimum Gasteiger partial charge on any atom is -0.490 e. The van der Waals surface area contributed by atoms with E-state index in [0.717, 1.165) is 37.8 Å². The molecule has 37 heavy (non-hydrogen) atoms. The highest BCUT2D eigenvalue weighted by Crippen LogP contribution is 2.64. The molecule has 3 fully saturated rings. The first-order valence-corrected chi connectivity index (χ1v) is 15.3. The number of carbonyl (C=O) groups is 1. The first-order valence-electron chi connectivity index (χ1n) is 13.7. The molecule has 0 saturated heterocycles. The first-order chi connectivity index (χ1) is 17.6. The van der Waals surface area contributed by atoms with Crippen molar-refractivity contribution in [2.75, 3.05) is 5.75 Å². The van der Waals surface area contributed by atoms with E-state index in [-0.39, 0.29) is 34.9 Å². The van der Waals surface area contributed by atoms with Gasteiger partial charge in [-0.25, -0.2) is 4.98 Å². The van der Waals surface area contributed by atoms with E-state index >= 15 is 0 Å². The molecule has 2 aromatic rings. The number of aryl methyl sites for hydroxylation is 2. The van der Waals surface area contributed by atoms with Crippen molar-refractivity contribution in [3.63, 3.8) is 0 Å². The van der Waals surface area contributed by atoms with Gasteiger partial charge in [0, 0.05) is 24.2 Å². The van der Waals surface area contributed by atoms with Crippen LogP contribution in [0.25, 0.3) is 0 Å². The number of nitrogens with zero attached hydrogens (tertiary/aromatic N) is 1. The summed E-state index contributed by atoms with van der Waals surface area (Å²) in [4.78, 5) is 17.5. The molecule has 200 valence electrons. The number of ether oxygens (including phenoxy) is 1. The molecule has 3 saturated carbocycles. The van der Waals surface area contributed by atoms with Crippen molar-refractivity contribution in [3.05, 3.63) is 53.7 Å². The summed E-state index contributed by atoms with van der Waals surface area (Å²) in [6.45, 7) is 6.27. The van der Waals surface area contributed by atoms with Gasteiger partial charge >= 0.3 is 10.1 Å². The number of ketones is 1. The molecule has 6 nitrogen and oxygen atoms in total. The van der Waals surface area contributed by atoms with E-state index in [9.17, 15) is 13.2 Å². The van der Waals surface area contributed by atoms with Crippen molar-refractivity contribution >= 4 is 15.9 Å². The molecule has 5 rings (SSSR count). The Morgan fingerprint density at radius 2 is 1.78 bits per heavy atom. The third kappa shape index (κ3) is 5.29. The zero-order chi connectivity index (χ0) is 26.3. The molecule has 1 heterocycles. The summed E-state index contributed by atoms with van der Waals surface area (Å²) in [6.07, 6.45) is 7.91. The summed E-state index contributed by atoms with van der Waals surface area (Å²) in [5.74, 6) is 1.06. The van der Waals surface area contributed by atoms with Gasteiger partial charge < -0.3 is 8.92 Å². The van der Waals surface area contributed by atoms with Crippen molar-refractivity contribution in [2.45, 2.75) is 84.7 Å². The number of hydrogen-bond donors (Lipinski definition) is 0. The largest absolute Gasteiger partial charge is 0.490 e. The lowest BCUT2D eigenvalue weighted by molar-refractivity contribution is -0.128. The van der Waals surface area contributed by atoms with Crippen LogP contribution in [0.15, 0.2) is 42.5 Å². The van der Waals surface area contributed by atoms with Gasteiger partial charge in [-0.3, -0.25) is 4.79 Å². The maximum atomic E-state index is 13.4. The number of fused-ring (bicyclic) bond motifs is 2. The van der Waals surface area contributed by atoms with Crippen molar-refractivity contribution in [3.8, 4) is 11.6 Å². The molecule has 4 atom stereocenters. The standard InChI is InChI=1S/C30H39NO5S/c1-21-9-7-8-12-26(21)35-25-18-24(14-13-22-10-5-4-6-11-22)31-28(19-25)36-37(33,34)20-30-16-15-23(17-27(30)32)29(30,2)3/h4-6,10-11,18-19,21,23,26H,7-9,12-17,20H2,1-3H3. The number of pyridine rings is 1. The van der Waals surface area contributed by atoms with Crippen LogP contribution in [0.4, 0.5) is 0 Å². The molecule has 2 bridgehead atoms. The Bertz CT molecular complexity index is 1240. The Morgan fingerprint density at radius 3 is 2.46 bits per heavy atom. The van der Waals surface area contributed by atoms with Crippen LogP contribution in [0.1, 0.15) is 77.0 Å². The van der Waals surface area contributed by atoms with E-state index in [1.807, 2.05) is 38.1 Å². The van der Waals surface area contributed by atoms with E-state index in [1.165, 1.54) is 12.0 Å². The van der Waals surface area contributed by atoms with Gasteiger partial charge in [0.15, 0.2) is 0 Å². The SMILES string of the molecule is CC1CCCCC1Oc1cc(CCc2ccccc2)nc(OS(=O)(=O)CC23CCC(CC2=O)C3(C)C)c1. The number of carbonyl (C=O) groups excluding carboxylic acids is 1. The normalized spacial score (nSPS) is 28.8. The van der Waals surface area contributed by atoms with Crippen molar-refractivity contribution in [1.82, 2.24) is 4.98 Å². The second-order valence-corrected chi connectivity index (χ2v) is 13.6. The Hall–Kier alpha value is -2.41. The van der Waals surface area contributed by atoms with Crippen LogP contribution in [0.5, 0.6) is 11.6 Å². The molecule has 1 aromatic carbocycles. The van der Waals surface area contributed by atoms with Gasteiger partial charge in [0.25, 0.3) is 0 Å². The predicted molar refractivity (Wildman–Crippen MR) is 143 cm³/mol. The molecule has 3 aliphatic carbocycles. The summed E-state index contributed by atoms with van der Waals surface area (Å²) in [6, 6.07) is 13.6. The monoisotopic (exact) mass is 525 g/mol. The smallest absolute Gasteiger partial charge is 0.311 e. The number of aromatic nitrogens is 1. The fourth-order valence-corrected chi connectivity index (χ4v) is 8.58. The summed E-state index contributed by atoms with van der Waals surface area (Å²) in [7, 11) is -4.05. The minimum absolute atomic E-state index is 0.0261. The summed E-state index contributed by atoms with van der Waals surface area (Å²) >= 11 is 0. The van der Waals surface area contributed by atoms with Crippen LogP contribution in [-0.4, -0.2) is 31.0 Å². The maximum Gasteiger partial charge on any atom is 0.311 e. The molecule has 0 spiro atoms. The van der Waals surface area contributed by atoms with Gasteiger partial charge in [0.1, 0.15) is 17.6 Å². The van der Waals surface area contributed by atoms with E-state index in [0.29, 0.717) is 30.9 Å². The van der Waals surface area contributed by atoms with E-state index in [4.69, 9.17) is 8.92 Å². The van der Waals surface area contributed by atoms with Crippen LogP contribution in [0.2, 0.25) is 0 Å². The van der Waals surface area contributed by atoms with Crippen LogP contribution in [-0.2, 0) is 27.8 Å². The molecule has 1 aromatic heterocycles. The lowest BCUT2D eigenvalue weighted by Crippen LogP contribution is -2.43. The van der Waals surface area contributed by atoms with Gasteiger partial charge in [0.05, 0.1) is 11.2 Å². The second kappa shape index (κ2) is 10.0. The molecule has 3 aliphatic rings. The molecular weight excluding hydrogens is 486 g/mol. The highest BCUT2D eigenvalue weighted by atomic mass is 32.2. The zero-order valence-electron chi connectivity index (χ0n) is 22.2.